The van der Waals surface area contributed by atoms with E-state index < -0.39 is 0 Å². The van der Waals surface area contributed by atoms with Crippen molar-refractivity contribution in [3.63, 3.8) is 0 Å². The number of amides is 1. The third-order valence-corrected chi connectivity index (χ3v) is 5.39. The SMILES string of the molecule is CCOCCOCCOCCOCCC(=O)NC1CCC(C(=O)C(C)CC)CC1.[HH]. The van der Waals surface area contributed by atoms with Gasteiger partial charge in [0.1, 0.15) is 5.78 Å². The molecule has 0 aliphatic heterocycles. The molecule has 1 fully saturated rings. The molecule has 1 unspecified atom stereocenters. The van der Waals surface area contributed by atoms with Crippen LogP contribution in [-0.2, 0) is 28.5 Å². The van der Waals surface area contributed by atoms with E-state index in [0.29, 0.717) is 65.1 Å². The van der Waals surface area contributed by atoms with E-state index in [9.17, 15) is 9.59 Å². The molecule has 1 N–H and O–H groups in total. The van der Waals surface area contributed by atoms with Gasteiger partial charge in [-0.25, -0.2) is 0 Å². The van der Waals surface area contributed by atoms with Gasteiger partial charge in [0.2, 0.25) is 5.91 Å². The lowest BCUT2D eigenvalue weighted by Gasteiger charge is -2.29. The highest BCUT2D eigenvalue weighted by atomic mass is 16.6. The van der Waals surface area contributed by atoms with E-state index in [-0.39, 0.29) is 25.2 Å². The van der Waals surface area contributed by atoms with Gasteiger partial charge in [0.05, 0.1) is 46.2 Å². The normalized spacial score (nSPS) is 20.4. The van der Waals surface area contributed by atoms with Gasteiger partial charge in [-0.2, -0.15) is 0 Å². The molecule has 1 amide bonds. The monoisotopic (exact) mass is 417 g/mol. The van der Waals surface area contributed by atoms with Gasteiger partial charge in [-0.05, 0) is 39.0 Å². The Morgan fingerprint density at radius 1 is 0.862 bits per heavy atom. The van der Waals surface area contributed by atoms with Crippen molar-refractivity contribution >= 4 is 11.7 Å². The van der Waals surface area contributed by atoms with Crippen molar-refractivity contribution in [1.82, 2.24) is 5.32 Å². The van der Waals surface area contributed by atoms with E-state index in [1.54, 1.807) is 0 Å². The summed E-state index contributed by atoms with van der Waals surface area (Å²) in [4.78, 5) is 24.3. The molecule has 1 aliphatic carbocycles. The predicted molar refractivity (Wildman–Crippen MR) is 114 cm³/mol. The van der Waals surface area contributed by atoms with Gasteiger partial charge in [0.15, 0.2) is 0 Å². The number of hydrogen-bond donors (Lipinski definition) is 1. The molecule has 1 rings (SSSR count). The lowest BCUT2D eigenvalue weighted by molar-refractivity contribution is -0.127. The first-order chi connectivity index (χ1) is 14.1. The summed E-state index contributed by atoms with van der Waals surface area (Å²) in [7, 11) is 0. The maximum absolute atomic E-state index is 12.3. The maximum Gasteiger partial charge on any atom is 0.222 e. The summed E-state index contributed by atoms with van der Waals surface area (Å²) < 4.78 is 21.4. The zero-order chi connectivity index (χ0) is 21.3. The van der Waals surface area contributed by atoms with Crippen LogP contribution in [0.1, 0.15) is 60.7 Å². The molecule has 0 spiro atoms. The summed E-state index contributed by atoms with van der Waals surface area (Å²) in [6.07, 6.45) is 4.81. The second-order valence-electron chi connectivity index (χ2n) is 7.61. The zero-order valence-corrected chi connectivity index (χ0v) is 18.6. The molecule has 1 aliphatic rings. The van der Waals surface area contributed by atoms with E-state index in [2.05, 4.69) is 12.2 Å². The van der Waals surface area contributed by atoms with Crippen LogP contribution >= 0.6 is 0 Å². The van der Waals surface area contributed by atoms with Crippen LogP contribution in [0.2, 0.25) is 0 Å². The lowest BCUT2D eigenvalue weighted by atomic mass is 9.79. The van der Waals surface area contributed by atoms with E-state index in [4.69, 9.17) is 18.9 Å². The molecule has 29 heavy (non-hydrogen) atoms. The Morgan fingerprint density at radius 2 is 1.38 bits per heavy atom. The number of Topliss-reactive ketones (excluding diaryl/α,β-unsaturated/α-hetero) is 1. The quantitative estimate of drug-likeness (QED) is 0.366. The van der Waals surface area contributed by atoms with Gasteiger partial charge in [0, 0.05) is 32.3 Å². The van der Waals surface area contributed by atoms with Gasteiger partial charge < -0.3 is 24.3 Å². The smallest absolute Gasteiger partial charge is 0.222 e. The molecule has 1 saturated carbocycles. The minimum absolute atomic E-state index is 0. The average Bonchev–Trinajstić information content (AvgIpc) is 2.74. The molecule has 0 saturated heterocycles. The highest BCUT2D eigenvalue weighted by Crippen LogP contribution is 2.28. The minimum Gasteiger partial charge on any atom is -0.379 e. The van der Waals surface area contributed by atoms with Crippen molar-refractivity contribution < 1.29 is 30.0 Å². The zero-order valence-electron chi connectivity index (χ0n) is 18.6. The summed E-state index contributed by atoms with van der Waals surface area (Å²) in [5.41, 5.74) is 0. The fraction of sp³-hybridized carbons (Fsp3) is 0.909. The van der Waals surface area contributed by atoms with Crippen LogP contribution in [0.5, 0.6) is 0 Å². The Morgan fingerprint density at radius 3 is 1.90 bits per heavy atom. The molecule has 0 radical (unpaired) electrons. The first-order valence-corrected chi connectivity index (χ1v) is 11.2. The molecular formula is C22H43NO6. The highest BCUT2D eigenvalue weighted by Gasteiger charge is 2.28. The molecule has 0 bridgehead atoms. The van der Waals surface area contributed by atoms with Crippen LogP contribution in [0.4, 0.5) is 0 Å². The summed E-state index contributed by atoms with van der Waals surface area (Å²) in [6, 6.07) is 0.189. The van der Waals surface area contributed by atoms with E-state index >= 15 is 0 Å². The van der Waals surface area contributed by atoms with Crippen molar-refractivity contribution in [1.29, 1.82) is 0 Å². The van der Waals surface area contributed by atoms with Crippen molar-refractivity contribution in [2.75, 3.05) is 52.9 Å². The second-order valence-corrected chi connectivity index (χ2v) is 7.61. The number of ketones is 1. The van der Waals surface area contributed by atoms with E-state index in [1.807, 2.05) is 13.8 Å². The largest absolute Gasteiger partial charge is 0.379 e. The van der Waals surface area contributed by atoms with Crippen molar-refractivity contribution in [3.8, 4) is 0 Å². The second kappa shape index (κ2) is 16.7. The summed E-state index contributed by atoms with van der Waals surface area (Å²) in [5, 5.41) is 3.07. The average molecular weight is 418 g/mol. The maximum atomic E-state index is 12.3. The summed E-state index contributed by atoms with van der Waals surface area (Å²) in [6.45, 7) is 10.3. The van der Waals surface area contributed by atoms with Crippen LogP contribution < -0.4 is 5.32 Å². The molecule has 7 heteroatoms. The molecule has 7 nitrogen and oxygen atoms in total. The van der Waals surface area contributed by atoms with Gasteiger partial charge in [-0.1, -0.05) is 13.8 Å². The van der Waals surface area contributed by atoms with Crippen molar-refractivity contribution in [2.45, 2.75) is 65.3 Å². The molecule has 0 aromatic carbocycles. The Kier molecular flexibility index (Phi) is 15.0. The molecule has 0 aromatic rings. The minimum atomic E-state index is 0. The van der Waals surface area contributed by atoms with Crippen LogP contribution in [0.3, 0.4) is 0 Å². The van der Waals surface area contributed by atoms with Crippen LogP contribution in [0, 0.1) is 11.8 Å². The fourth-order valence-electron chi connectivity index (χ4n) is 3.39. The van der Waals surface area contributed by atoms with Gasteiger partial charge in [0.25, 0.3) is 0 Å². The number of hydrogen-bond acceptors (Lipinski definition) is 6. The van der Waals surface area contributed by atoms with Crippen LogP contribution in [0.25, 0.3) is 0 Å². The Balaban J connectivity index is 0.00000841. The Bertz CT molecular complexity index is 443. The summed E-state index contributed by atoms with van der Waals surface area (Å²) in [5.74, 6) is 0.743. The van der Waals surface area contributed by atoms with E-state index in [1.165, 1.54) is 0 Å². The van der Waals surface area contributed by atoms with Gasteiger partial charge >= 0.3 is 0 Å². The number of carbonyl (C=O) groups excluding carboxylic acids is 2. The van der Waals surface area contributed by atoms with Crippen LogP contribution in [-0.4, -0.2) is 70.6 Å². The summed E-state index contributed by atoms with van der Waals surface area (Å²) >= 11 is 0. The van der Waals surface area contributed by atoms with Crippen molar-refractivity contribution in [2.24, 2.45) is 11.8 Å². The topological polar surface area (TPSA) is 83.1 Å². The number of rotatable bonds is 17. The third-order valence-electron chi connectivity index (χ3n) is 5.39. The van der Waals surface area contributed by atoms with Gasteiger partial charge in [-0.15, -0.1) is 0 Å². The highest BCUT2D eigenvalue weighted by molar-refractivity contribution is 5.83. The molecular weight excluding hydrogens is 374 g/mol. The fourth-order valence-corrected chi connectivity index (χ4v) is 3.39. The molecule has 1 atom stereocenters. The molecule has 172 valence electrons. The number of ether oxygens (including phenoxy) is 4. The molecule has 0 heterocycles. The number of nitrogens with one attached hydrogen (secondary N) is 1. The third kappa shape index (κ3) is 12.3. The molecule has 0 aromatic heterocycles. The lowest BCUT2D eigenvalue weighted by Crippen LogP contribution is -2.39. The first kappa shape index (κ1) is 26.0. The van der Waals surface area contributed by atoms with Crippen LogP contribution in [0.15, 0.2) is 0 Å². The van der Waals surface area contributed by atoms with E-state index in [0.717, 1.165) is 32.1 Å². The van der Waals surface area contributed by atoms with Gasteiger partial charge in [-0.3, -0.25) is 9.59 Å². The van der Waals surface area contributed by atoms with Crippen molar-refractivity contribution in [3.05, 3.63) is 0 Å². The Hall–Kier alpha value is -1.02. The predicted octanol–water partition coefficient (Wildman–Crippen LogP) is 3.00. The Labute approximate surface area is 177 Å². The number of carbonyl (C=O) groups is 2. The standard InChI is InChI=1S/C22H41NO6.H2/c1-4-18(3)22(25)19-6-8-20(9-7-19)23-21(24)10-11-27-14-15-29-17-16-28-13-12-26-5-2;/h18-20H,4-17H2,1-3H3,(H,23,24);1H. The first-order valence-electron chi connectivity index (χ1n) is 11.2.